The molecule has 0 unspecified atom stereocenters. The van der Waals surface area contributed by atoms with Crippen LogP contribution in [0.25, 0.3) is 22.2 Å². The molecule has 2 aromatic carbocycles. The Kier molecular flexibility index (Phi) is 6.32. The summed E-state index contributed by atoms with van der Waals surface area (Å²) < 4.78 is 10.1. The van der Waals surface area contributed by atoms with Crippen molar-refractivity contribution in [2.75, 3.05) is 5.73 Å². The molecule has 8 heteroatoms. The van der Waals surface area contributed by atoms with Crippen molar-refractivity contribution >= 4 is 16.9 Å². The van der Waals surface area contributed by atoms with Gasteiger partial charge >= 0.3 is 0 Å². The van der Waals surface area contributed by atoms with E-state index >= 15 is 0 Å². The smallest absolute Gasteiger partial charge is 0.146 e. The second-order valence-corrected chi connectivity index (χ2v) is 9.71. The van der Waals surface area contributed by atoms with Gasteiger partial charge in [-0.15, -0.1) is 0 Å². The molecule has 0 saturated heterocycles. The lowest BCUT2D eigenvalue weighted by Gasteiger charge is -2.30. The summed E-state index contributed by atoms with van der Waals surface area (Å²) in [6.07, 6.45) is 10.1. The number of rotatable bonds is 7. The number of para-hydroxylation sites is 1. The van der Waals surface area contributed by atoms with Gasteiger partial charge < -0.3 is 20.4 Å². The first kappa shape index (κ1) is 23.2. The molecule has 8 nitrogen and oxygen atoms in total. The highest BCUT2D eigenvalue weighted by molar-refractivity contribution is 6.00. The molecule has 3 N–H and O–H groups in total. The number of aromatic nitrogens is 5. The minimum Gasteiger partial charge on any atom is -0.457 e. The van der Waals surface area contributed by atoms with Crippen LogP contribution in [0.5, 0.6) is 11.5 Å². The number of nitrogens with two attached hydrogens (primary N) is 1. The summed E-state index contributed by atoms with van der Waals surface area (Å²) in [6, 6.07) is 20.9. The van der Waals surface area contributed by atoms with Gasteiger partial charge in [0, 0.05) is 43.6 Å². The molecule has 1 saturated carbocycles. The van der Waals surface area contributed by atoms with Gasteiger partial charge in [0.2, 0.25) is 0 Å². The molecule has 0 atom stereocenters. The zero-order chi connectivity index (χ0) is 25.2. The number of aryl methyl sites for hydroxylation is 1. The fourth-order valence-corrected chi connectivity index (χ4v) is 5.30. The molecule has 1 fully saturated rings. The van der Waals surface area contributed by atoms with Gasteiger partial charge in [0.1, 0.15) is 29.3 Å². The maximum atomic E-state index is 6.38. The Labute approximate surface area is 216 Å². The SMILES string of the molecule is Cn1ccc(CNC2CCC(n3cc(-c4ccc(Oc5ccccc5)cc4)c4c(N)ncnc43)CC2)n1. The summed E-state index contributed by atoms with van der Waals surface area (Å²) in [5.74, 6) is 2.11. The van der Waals surface area contributed by atoms with Crippen LogP contribution in [0.4, 0.5) is 5.82 Å². The molecule has 3 aromatic heterocycles. The molecule has 6 rings (SSSR count). The van der Waals surface area contributed by atoms with E-state index in [1.165, 1.54) is 0 Å². The van der Waals surface area contributed by atoms with E-state index in [0.29, 0.717) is 17.9 Å². The average Bonchev–Trinajstić information content (AvgIpc) is 3.53. The Bertz CT molecular complexity index is 1480. The van der Waals surface area contributed by atoms with Crippen LogP contribution in [0, 0.1) is 0 Å². The predicted octanol–water partition coefficient (Wildman–Crippen LogP) is 5.48. The van der Waals surface area contributed by atoms with Crippen LogP contribution in [0.1, 0.15) is 37.4 Å². The third-order valence-electron chi connectivity index (χ3n) is 7.21. The number of anilines is 1. The van der Waals surface area contributed by atoms with E-state index in [0.717, 1.165) is 71.6 Å². The molecule has 3 heterocycles. The maximum Gasteiger partial charge on any atom is 0.146 e. The Morgan fingerprint density at radius 1 is 0.946 bits per heavy atom. The third-order valence-corrected chi connectivity index (χ3v) is 7.21. The molecule has 5 aromatic rings. The molecular formula is C29H31N7O. The van der Waals surface area contributed by atoms with E-state index in [9.17, 15) is 0 Å². The van der Waals surface area contributed by atoms with Crippen molar-refractivity contribution in [2.24, 2.45) is 7.05 Å². The van der Waals surface area contributed by atoms with E-state index in [4.69, 9.17) is 10.5 Å². The minimum absolute atomic E-state index is 0.374. The van der Waals surface area contributed by atoms with E-state index in [2.05, 4.69) is 49.3 Å². The Morgan fingerprint density at radius 2 is 1.70 bits per heavy atom. The predicted molar refractivity (Wildman–Crippen MR) is 145 cm³/mol. The molecule has 1 aliphatic carbocycles. The first-order valence-electron chi connectivity index (χ1n) is 12.8. The van der Waals surface area contributed by atoms with Crippen LogP contribution < -0.4 is 15.8 Å². The van der Waals surface area contributed by atoms with Crippen LogP contribution in [-0.2, 0) is 13.6 Å². The summed E-state index contributed by atoms with van der Waals surface area (Å²) >= 11 is 0. The van der Waals surface area contributed by atoms with Crippen molar-refractivity contribution in [3.63, 3.8) is 0 Å². The Hall–Kier alpha value is -4.17. The van der Waals surface area contributed by atoms with Crippen molar-refractivity contribution in [3.05, 3.63) is 85.1 Å². The van der Waals surface area contributed by atoms with E-state index in [1.807, 2.05) is 60.4 Å². The van der Waals surface area contributed by atoms with Crippen molar-refractivity contribution < 1.29 is 4.74 Å². The van der Waals surface area contributed by atoms with Gasteiger partial charge in [-0.25, -0.2) is 9.97 Å². The van der Waals surface area contributed by atoms with Crippen molar-refractivity contribution in [1.82, 2.24) is 29.6 Å². The summed E-state index contributed by atoms with van der Waals surface area (Å²) in [4.78, 5) is 8.96. The van der Waals surface area contributed by atoms with Gasteiger partial charge in [0.25, 0.3) is 0 Å². The second kappa shape index (κ2) is 10.1. The van der Waals surface area contributed by atoms with Gasteiger partial charge in [-0.2, -0.15) is 5.10 Å². The number of fused-ring (bicyclic) bond motifs is 1. The molecule has 1 aliphatic rings. The minimum atomic E-state index is 0.374. The molecular weight excluding hydrogens is 462 g/mol. The summed E-state index contributed by atoms with van der Waals surface area (Å²) in [5.41, 5.74) is 10.5. The standard InChI is InChI=1S/C29H31N7O/c1-35-16-15-22(34-35)17-31-21-9-11-23(12-10-21)36-18-26(27-28(30)32-19-33-29(27)36)20-7-13-25(14-8-20)37-24-5-3-2-4-6-24/h2-8,13-16,18-19,21,23,31H,9-12,17H2,1H3,(H2,30,32,33). The van der Waals surface area contributed by atoms with E-state index in [-0.39, 0.29) is 0 Å². The molecule has 0 amide bonds. The normalized spacial score (nSPS) is 17.8. The number of benzene rings is 2. The second-order valence-electron chi connectivity index (χ2n) is 9.71. The fourth-order valence-electron chi connectivity index (χ4n) is 5.30. The van der Waals surface area contributed by atoms with Gasteiger partial charge in [-0.1, -0.05) is 30.3 Å². The van der Waals surface area contributed by atoms with E-state index in [1.54, 1.807) is 6.33 Å². The van der Waals surface area contributed by atoms with Crippen LogP contribution in [0.3, 0.4) is 0 Å². The van der Waals surface area contributed by atoms with Gasteiger partial charge in [0.15, 0.2) is 0 Å². The third kappa shape index (κ3) is 4.93. The van der Waals surface area contributed by atoms with Crippen LogP contribution in [0.2, 0.25) is 0 Å². The Morgan fingerprint density at radius 3 is 2.43 bits per heavy atom. The largest absolute Gasteiger partial charge is 0.457 e. The van der Waals surface area contributed by atoms with Crippen LogP contribution >= 0.6 is 0 Å². The maximum absolute atomic E-state index is 6.38. The first-order chi connectivity index (χ1) is 18.1. The summed E-state index contributed by atoms with van der Waals surface area (Å²) in [7, 11) is 1.95. The zero-order valence-electron chi connectivity index (χ0n) is 20.9. The van der Waals surface area contributed by atoms with Crippen LogP contribution in [-0.4, -0.2) is 30.4 Å². The van der Waals surface area contributed by atoms with Crippen LogP contribution in [0.15, 0.2) is 79.4 Å². The molecule has 0 aliphatic heterocycles. The van der Waals surface area contributed by atoms with Crippen molar-refractivity contribution in [2.45, 2.75) is 44.3 Å². The number of nitrogens with zero attached hydrogens (tertiary/aromatic N) is 5. The first-order valence-corrected chi connectivity index (χ1v) is 12.8. The highest BCUT2D eigenvalue weighted by Gasteiger charge is 2.25. The molecule has 37 heavy (non-hydrogen) atoms. The lowest BCUT2D eigenvalue weighted by Crippen LogP contribution is -2.33. The summed E-state index contributed by atoms with van der Waals surface area (Å²) in [6.45, 7) is 0.806. The van der Waals surface area contributed by atoms with E-state index < -0.39 is 0 Å². The molecule has 0 bridgehead atoms. The van der Waals surface area contributed by atoms with Gasteiger partial charge in [-0.3, -0.25) is 4.68 Å². The fraction of sp³-hybridized carbons (Fsp3) is 0.276. The molecule has 188 valence electrons. The summed E-state index contributed by atoms with van der Waals surface area (Å²) in [5, 5.41) is 9.07. The Balaban J connectivity index is 1.20. The highest BCUT2D eigenvalue weighted by atomic mass is 16.5. The lowest BCUT2D eigenvalue weighted by atomic mass is 9.91. The topological polar surface area (TPSA) is 95.8 Å². The zero-order valence-corrected chi connectivity index (χ0v) is 20.9. The number of nitrogens with one attached hydrogen (secondary N) is 1. The molecule has 0 spiro atoms. The number of hydrogen-bond donors (Lipinski definition) is 2. The quantitative estimate of drug-likeness (QED) is 0.312. The number of hydrogen-bond acceptors (Lipinski definition) is 6. The van der Waals surface area contributed by atoms with Crippen molar-refractivity contribution in [3.8, 4) is 22.6 Å². The highest BCUT2D eigenvalue weighted by Crippen LogP contribution is 2.38. The van der Waals surface area contributed by atoms with Gasteiger partial charge in [0.05, 0.1) is 11.1 Å². The number of nitrogen functional groups attached to an aromatic ring is 1. The lowest BCUT2D eigenvalue weighted by molar-refractivity contribution is 0.293. The molecule has 0 radical (unpaired) electrons. The average molecular weight is 494 g/mol. The van der Waals surface area contributed by atoms with Crippen molar-refractivity contribution in [1.29, 1.82) is 0 Å². The monoisotopic (exact) mass is 493 g/mol. The number of ether oxygens (including phenoxy) is 1. The van der Waals surface area contributed by atoms with Gasteiger partial charge in [-0.05, 0) is 61.6 Å².